The van der Waals surface area contributed by atoms with Crippen LogP contribution in [0, 0.1) is 29.1 Å². The Morgan fingerprint density at radius 3 is 2.36 bits per heavy atom. The van der Waals surface area contributed by atoms with E-state index in [1.165, 1.54) is 4.90 Å². The van der Waals surface area contributed by atoms with Crippen LogP contribution in [0.4, 0.5) is 5.69 Å². The quantitative estimate of drug-likeness (QED) is 0.366. The zero-order valence-corrected chi connectivity index (χ0v) is 24.9. The Morgan fingerprint density at radius 2 is 1.79 bits per heavy atom. The molecule has 1 amide bonds. The predicted octanol–water partition coefficient (Wildman–Crippen LogP) is 0.989. The number of ketones is 3. The van der Waals surface area contributed by atoms with E-state index >= 15 is 0 Å². The van der Waals surface area contributed by atoms with Crippen LogP contribution in [0.15, 0.2) is 18.2 Å². The Balaban J connectivity index is 1.70. The van der Waals surface area contributed by atoms with Crippen molar-refractivity contribution in [2.75, 3.05) is 46.7 Å². The number of nitrogens with zero attached hydrogens (tertiary/aromatic N) is 3. The van der Waals surface area contributed by atoms with Crippen LogP contribution in [-0.4, -0.2) is 102 Å². The number of Topliss-reactive ketones (excluding diaryl/α,β-unsaturated/α-hetero) is 3. The number of carbonyl (C=O) groups excluding carboxylic acids is 4. The summed E-state index contributed by atoms with van der Waals surface area (Å²) in [6.45, 7) is 3.51. The summed E-state index contributed by atoms with van der Waals surface area (Å²) in [6, 6.07) is 4.75. The van der Waals surface area contributed by atoms with E-state index in [0.717, 1.165) is 23.2 Å². The molecular weight excluding hydrogens is 538 g/mol. The fourth-order valence-electron chi connectivity index (χ4n) is 7.59. The highest BCUT2D eigenvalue weighted by atomic mass is 16.3. The Hall–Kier alpha value is -3.67. The molecule has 11 nitrogen and oxygen atoms in total. The van der Waals surface area contributed by atoms with Crippen LogP contribution in [0.1, 0.15) is 34.8 Å². The Kier molecular flexibility index (Phi) is 7.28. The van der Waals surface area contributed by atoms with Gasteiger partial charge in [-0.25, -0.2) is 0 Å². The van der Waals surface area contributed by atoms with Crippen LogP contribution in [0.2, 0.25) is 0 Å². The lowest BCUT2D eigenvalue weighted by Gasteiger charge is -2.53. The van der Waals surface area contributed by atoms with Gasteiger partial charge in [-0.05, 0) is 63.6 Å². The molecule has 0 saturated heterocycles. The summed E-state index contributed by atoms with van der Waals surface area (Å²) in [5.41, 5.74) is 4.55. The molecule has 2 fully saturated rings. The topological polar surface area (TPSA) is 168 Å². The third-order valence-corrected chi connectivity index (χ3v) is 9.57. The number of benzene rings is 2. The number of amides is 1. The van der Waals surface area contributed by atoms with Crippen molar-refractivity contribution < 1.29 is 29.4 Å². The van der Waals surface area contributed by atoms with Crippen molar-refractivity contribution in [3.05, 3.63) is 34.9 Å². The number of fused-ring (bicyclic) bond motifs is 4. The van der Waals surface area contributed by atoms with E-state index in [4.69, 9.17) is 11.1 Å². The number of anilines is 1. The third kappa shape index (κ3) is 4.09. The summed E-state index contributed by atoms with van der Waals surface area (Å²) in [5, 5.41) is 33.4. The maximum absolute atomic E-state index is 14.3. The summed E-state index contributed by atoms with van der Waals surface area (Å²) in [6.07, 6.45) is 0.344. The zero-order chi connectivity index (χ0) is 31.0. The van der Waals surface area contributed by atoms with Crippen molar-refractivity contribution in [1.29, 1.82) is 5.41 Å². The molecule has 0 aromatic heterocycles. The van der Waals surface area contributed by atoms with Crippen molar-refractivity contribution in [2.45, 2.75) is 38.0 Å². The molecule has 0 bridgehead atoms. The minimum Gasteiger partial charge on any atom is -0.507 e. The van der Waals surface area contributed by atoms with Crippen LogP contribution in [0.3, 0.4) is 0 Å². The SMILES string of the molecule is CCN(C)Cc1ccc2c(N(C)C)c3c(c(O)c2c1)C(=O)C1C(=O)C2(O)C(=N)C(C(N)=O)C(=O)C(N(C)C)C2CC1C3. The van der Waals surface area contributed by atoms with Crippen LogP contribution >= 0.6 is 0 Å². The van der Waals surface area contributed by atoms with Crippen molar-refractivity contribution in [1.82, 2.24) is 9.80 Å². The molecule has 3 aliphatic carbocycles. The molecule has 5 N–H and O–H groups in total. The standard InChI is InChI=1S/C31H39N5O6/c1-7-36(6)13-14-8-9-16-17(10-14)25(37)21-18(23(16)34(2)3)11-15-12-19-24(35(4)5)27(39)22(30(33)41)28(32)31(19,42)29(40)20(15)26(21)38/h8-10,15,19-20,22,24,32,37,42H,7,11-13H2,1-6H3,(H2,33,41). The van der Waals surface area contributed by atoms with Gasteiger partial charge in [0.2, 0.25) is 5.91 Å². The number of hydrogen-bond donors (Lipinski definition) is 4. The second-order valence-corrected chi connectivity index (χ2v) is 12.5. The van der Waals surface area contributed by atoms with E-state index in [9.17, 15) is 29.4 Å². The number of primary amides is 1. The number of carbonyl (C=O) groups is 4. The lowest BCUT2D eigenvalue weighted by molar-refractivity contribution is -0.157. The molecular formula is C31H39N5O6. The van der Waals surface area contributed by atoms with E-state index < -0.39 is 64.3 Å². The molecule has 2 saturated carbocycles. The number of phenols is 1. The molecule has 0 radical (unpaired) electrons. The first kappa shape index (κ1) is 29.8. The van der Waals surface area contributed by atoms with Crippen molar-refractivity contribution in [3.8, 4) is 5.75 Å². The van der Waals surface area contributed by atoms with Gasteiger partial charge in [-0.15, -0.1) is 0 Å². The normalized spacial score (nSPS) is 29.1. The second-order valence-electron chi connectivity index (χ2n) is 12.5. The average Bonchev–Trinajstić information content (AvgIpc) is 2.90. The number of phenolic OH excluding ortho intramolecular Hbond substituents is 1. The van der Waals surface area contributed by atoms with Gasteiger partial charge in [0.25, 0.3) is 0 Å². The third-order valence-electron chi connectivity index (χ3n) is 9.57. The highest BCUT2D eigenvalue weighted by molar-refractivity contribution is 6.33. The van der Waals surface area contributed by atoms with Gasteiger partial charge in [0.15, 0.2) is 23.0 Å². The number of likely N-dealkylation sites (N-methyl/N-ethyl adjacent to an activating group) is 1. The Labute approximate surface area is 244 Å². The maximum atomic E-state index is 14.3. The molecule has 3 aliphatic rings. The molecule has 6 atom stereocenters. The zero-order valence-electron chi connectivity index (χ0n) is 24.9. The highest BCUT2D eigenvalue weighted by Gasteiger charge is 2.67. The molecule has 224 valence electrons. The average molecular weight is 578 g/mol. The Bertz CT molecular complexity index is 1550. The van der Waals surface area contributed by atoms with E-state index in [-0.39, 0.29) is 24.2 Å². The Morgan fingerprint density at radius 1 is 1.12 bits per heavy atom. The first-order valence-corrected chi connectivity index (χ1v) is 14.2. The number of aromatic hydroxyl groups is 1. The van der Waals surface area contributed by atoms with Crippen LogP contribution in [0.5, 0.6) is 5.75 Å². The fourth-order valence-corrected chi connectivity index (χ4v) is 7.59. The fraction of sp³-hybridized carbons (Fsp3) is 0.516. The van der Waals surface area contributed by atoms with Gasteiger partial charge in [-0.1, -0.05) is 19.1 Å². The summed E-state index contributed by atoms with van der Waals surface area (Å²) < 4.78 is 0. The molecule has 2 aromatic carbocycles. The second kappa shape index (κ2) is 10.3. The summed E-state index contributed by atoms with van der Waals surface area (Å²) >= 11 is 0. The van der Waals surface area contributed by atoms with Crippen LogP contribution in [-0.2, 0) is 27.3 Å². The van der Waals surface area contributed by atoms with E-state index in [1.807, 2.05) is 51.2 Å². The van der Waals surface area contributed by atoms with Gasteiger partial charge in [0.1, 0.15) is 11.7 Å². The number of aliphatic hydroxyl groups is 1. The minimum atomic E-state index is -2.52. The van der Waals surface area contributed by atoms with Crippen LogP contribution in [0.25, 0.3) is 10.8 Å². The maximum Gasteiger partial charge on any atom is 0.233 e. The summed E-state index contributed by atoms with van der Waals surface area (Å²) in [5.74, 6) is -8.26. The van der Waals surface area contributed by atoms with Crippen LogP contribution < -0.4 is 10.6 Å². The first-order chi connectivity index (χ1) is 19.7. The molecule has 0 heterocycles. The monoisotopic (exact) mass is 577 g/mol. The number of rotatable bonds is 6. The van der Waals surface area contributed by atoms with Gasteiger partial charge >= 0.3 is 0 Å². The smallest absolute Gasteiger partial charge is 0.233 e. The summed E-state index contributed by atoms with van der Waals surface area (Å²) in [4.78, 5) is 59.7. The summed E-state index contributed by atoms with van der Waals surface area (Å²) in [7, 11) is 8.92. The molecule has 0 aliphatic heterocycles. The van der Waals surface area contributed by atoms with E-state index in [1.54, 1.807) is 14.1 Å². The van der Waals surface area contributed by atoms with Gasteiger partial charge in [0.05, 0.1) is 23.2 Å². The predicted molar refractivity (Wildman–Crippen MR) is 158 cm³/mol. The molecule has 5 rings (SSSR count). The molecule has 2 aromatic rings. The molecule has 42 heavy (non-hydrogen) atoms. The van der Waals surface area contributed by atoms with Crippen molar-refractivity contribution in [3.63, 3.8) is 0 Å². The lowest BCUT2D eigenvalue weighted by atomic mass is 9.52. The van der Waals surface area contributed by atoms with Crippen molar-refractivity contribution >= 4 is 45.4 Å². The lowest BCUT2D eigenvalue weighted by Crippen LogP contribution is -2.73. The van der Waals surface area contributed by atoms with Crippen molar-refractivity contribution in [2.24, 2.45) is 29.4 Å². The number of nitrogens with two attached hydrogens (primary N) is 1. The minimum absolute atomic E-state index is 0.0397. The van der Waals surface area contributed by atoms with E-state index in [0.29, 0.717) is 17.5 Å². The van der Waals surface area contributed by atoms with Gasteiger partial charge in [0, 0.05) is 43.0 Å². The highest BCUT2D eigenvalue weighted by Crippen LogP contribution is 2.53. The van der Waals surface area contributed by atoms with Gasteiger partial charge in [-0.3, -0.25) is 24.1 Å². The molecule has 0 spiro atoms. The molecule has 11 heteroatoms. The number of hydrogen-bond acceptors (Lipinski definition) is 10. The van der Waals surface area contributed by atoms with Gasteiger partial charge < -0.3 is 31.2 Å². The molecule has 6 unspecified atom stereocenters. The van der Waals surface area contributed by atoms with Gasteiger partial charge in [-0.2, -0.15) is 0 Å². The largest absolute Gasteiger partial charge is 0.507 e. The first-order valence-electron chi connectivity index (χ1n) is 14.2. The number of nitrogens with one attached hydrogen (secondary N) is 1. The van der Waals surface area contributed by atoms with E-state index in [2.05, 4.69) is 4.90 Å².